The molecule has 1 aromatic carbocycles. The number of nitrogens with zero attached hydrogens (tertiary/aromatic N) is 3. The monoisotopic (exact) mass is 316 g/mol. The molecule has 2 amide bonds. The summed E-state index contributed by atoms with van der Waals surface area (Å²) >= 11 is 0. The molecule has 1 heterocycles. The number of nitrogens with one attached hydrogen (secondary N) is 1. The molecule has 0 spiro atoms. The maximum Gasteiger partial charge on any atom is 0.318 e. The molecule has 7 heteroatoms. The van der Waals surface area contributed by atoms with Crippen LogP contribution in [-0.2, 0) is 13.0 Å². The summed E-state index contributed by atoms with van der Waals surface area (Å²) in [7, 11) is 0. The van der Waals surface area contributed by atoms with Gasteiger partial charge in [0.2, 0.25) is 5.89 Å². The van der Waals surface area contributed by atoms with E-state index in [0.29, 0.717) is 11.7 Å². The van der Waals surface area contributed by atoms with Crippen molar-refractivity contribution >= 4 is 6.03 Å². The Labute approximate surface area is 134 Å². The second-order valence-electron chi connectivity index (χ2n) is 5.56. The molecule has 2 aromatic rings. The van der Waals surface area contributed by atoms with Gasteiger partial charge in [0.25, 0.3) is 0 Å². The standard InChI is InChI=1S/C16H20N4O3/c1-11-18-15(19-23-11)10-17-16(22)20(8-9-21)14-7-6-12-4-2-3-5-13(12)14/h2-5,14,21H,6-10H2,1H3,(H,17,22). The summed E-state index contributed by atoms with van der Waals surface area (Å²) < 4.78 is 4.89. The first-order valence-electron chi connectivity index (χ1n) is 7.71. The quantitative estimate of drug-likeness (QED) is 0.873. The highest BCUT2D eigenvalue weighted by Crippen LogP contribution is 2.35. The Morgan fingerprint density at radius 3 is 3.04 bits per heavy atom. The van der Waals surface area contributed by atoms with Crippen LogP contribution < -0.4 is 5.32 Å². The molecule has 1 atom stereocenters. The third kappa shape index (κ3) is 3.34. The minimum absolute atomic E-state index is 0.00893. The van der Waals surface area contributed by atoms with E-state index in [-0.39, 0.29) is 31.8 Å². The molecule has 2 N–H and O–H groups in total. The van der Waals surface area contributed by atoms with E-state index in [0.717, 1.165) is 18.4 Å². The van der Waals surface area contributed by atoms with Crippen molar-refractivity contribution in [2.45, 2.75) is 32.4 Å². The number of aliphatic hydroxyl groups is 1. The number of aryl methyl sites for hydroxylation is 2. The Morgan fingerprint density at radius 2 is 2.30 bits per heavy atom. The Morgan fingerprint density at radius 1 is 1.48 bits per heavy atom. The summed E-state index contributed by atoms with van der Waals surface area (Å²) in [6, 6.07) is 7.89. The van der Waals surface area contributed by atoms with Crippen molar-refractivity contribution in [3.8, 4) is 0 Å². The molecule has 1 aromatic heterocycles. The minimum atomic E-state index is -0.233. The molecule has 0 fully saturated rings. The fourth-order valence-electron chi connectivity index (χ4n) is 3.03. The number of fused-ring (bicyclic) bond motifs is 1. The van der Waals surface area contributed by atoms with Gasteiger partial charge in [0.1, 0.15) is 0 Å². The van der Waals surface area contributed by atoms with Gasteiger partial charge >= 0.3 is 6.03 Å². The molecule has 3 rings (SSSR count). The number of carbonyl (C=O) groups excluding carboxylic acids is 1. The van der Waals surface area contributed by atoms with E-state index in [1.54, 1.807) is 11.8 Å². The molecule has 1 aliphatic rings. The highest BCUT2D eigenvalue weighted by molar-refractivity contribution is 5.75. The van der Waals surface area contributed by atoms with Gasteiger partial charge in [-0.05, 0) is 24.0 Å². The van der Waals surface area contributed by atoms with Gasteiger partial charge in [-0.25, -0.2) is 4.79 Å². The Hall–Kier alpha value is -2.41. The van der Waals surface area contributed by atoms with Gasteiger partial charge in [0.05, 0.1) is 19.2 Å². The number of rotatable bonds is 5. The van der Waals surface area contributed by atoms with Crippen LogP contribution in [0.3, 0.4) is 0 Å². The first-order chi connectivity index (χ1) is 11.2. The SMILES string of the molecule is Cc1nc(CNC(=O)N(CCO)C2CCc3ccccc32)no1. The van der Waals surface area contributed by atoms with E-state index < -0.39 is 0 Å². The highest BCUT2D eigenvalue weighted by atomic mass is 16.5. The van der Waals surface area contributed by atoms with Crippen molar-refractivity contribution in [1.29, 1.82) is 0 Å². The molecule has 1 unspecified atom stereocenters. The number of aliphatic hydroxyl groups excluding tert-OH is 1. The van der Waals surface area contributed by atoms with Crippen LogP contribution in [0, 0.1) is 6.92 Å². The average Bonchev–Trinajstić information content (AvgIpc) is 3.16. The smallest absolute Gasteiger partial charge is 0.318 e. The van der Waals surface area contributed by atoms with Crippen molar-refractivity contribution in [3.05, 3.63) is 47.1 Å². The number of benzene rings is 1. The number of amides is 2. The third-order valence-electron chi connectivity index (χ3n) is 4.05. The molecule has 1 aliphatic carbocycles. The van der Waals surface area contributed by atoms with Crippen LogP contribution >= 0.6 is 0 Å². The summed E-state index contributed by atoms with van der Waals surface area (Å²) in [5, 5.41) is 15.9. The molecule has 0 saturated heterocycles. The van der Waals surface area contributed by atoms with Crippen LogP contribution in [0.4, 0.5) is 4.79 Å². The second kappa shape index (κ2) is 6.78. The molecule has 122 valence electrons. The van der Waals surface area contributed by atoms with E-state index in [1.165, 1.54) is 5.56 Å². The molecule has 23 heavy (non-hydrogen) atoms. The van der Waals surface area contributed by atoms with Crippen molar-refractivity contribution in [1.82, 2.24) is 20.4 Å². The van der Waals surface area contributed by atoms with Crippen LogP contribution in [0.15, 0.2) is 28.8 Å². The molecule has 0 bridgehead atoms. The summed E-state index contributed by atoms with van der Waals surface area (Å²) in [6.45, 7) is 2.11. The number of carbonyl (C=O) groups is 1. The lowest BCUT2D eigenvalue weighted by Crippen LogP contribution is -2.43. The predicted octanol–water partition coefficient (Wildman–Crippen LogP) is 1.57. The fourth-order valence-corrected chi connectivity index (χ4v) is 3.03. The van der Waals surface area contributed by atoms with Gasteiger partial charge in [0.15, 0.2) is 5.82 Å². The molecule has 0 radical (unpaired) electrons. The zero-order valence-corrected chi connectivity index (χ0v) is 13.0. The predicted molar refractivity (Wildman–Crippen MR) is 82.6 cm³/mol. The van der Waals surface area contributed by atoms with Crippen LogP contribution in [0.5, 0.6) is 0 Å². The van der Waals surface area contributed by atoms with Gasteiger partial charge in [-0.15, -0.1) is 0 Å². The van der Waals surface area contributed by atoms with Gasteiger partial charge in [0, 0.05) is 13.5 Å². The lowest BCUT2D eigenvalue weighted by atomic mass is 10.1. The van der Waals surface area contributed by atoms with Crippen LogP contribution in [0.2, 0.25) is 0 Å². The van der Waals surface area contributed by atoms with Gasteiger partial charge in [-0.3, -0.25) is 0 Å². The van der Waals surface area contributed by atoms with E-state index in [9.17, 15) is 9.90 Å². The molecular formula is C16H20N4O3. The van der Waals surface area contributed by atoms with E-state index >= 15 is 0 Å². The maximum absolute atomic E-state index is 12.5. The first-order valence-corrected chi connectivity index (χ1v) is 7.71. The van der Waals surface area contributed by atoms with Crippen molar-refractivity contribution in [2.24, 2.45) is 0 Å². The van der Waals surface area contributed by atoms with Gasteiger partial charge < -0.3 is 19.8 Å². The molecule has 0 aliphatic heterocycles. The van der Waals surface area contributed by atoms with Crippen LogP contribution in [-0.4, -0.2) is 39.3 Å². The second-order valence-corrected chi connectivity index (χ2v) is 5.56. The van der Waals surface area contributed by atoms with Crippen molar-refractivity contribution < 1.29 is 14.4 Å². The summed E-state index contributed by atoms with van der Waals surface area (Å²) in [5.74, 6) is 0.901. The first kappa shape index (κ1) is 15.5. The van der Waals surface area contributed by atoms with E-state index in [1.807, 2.05) is 18.2 Å². The maximum atomic E-state index is 12.5. The van der Waals surface area contributed by atoms with Gasteiger partial charge in [-0.2, -0.15) is 4.98 Å². The Kier molecular flexibility index (Phi) is 4.57. The number of hydrogen-bond donors (Lipinski definition) is 2. The topological polar surface area (TPSA) is 91.5 Å². The third-order valence-corrected chi connectivity index (χ3v) is 4.05. The molecular weight excluding hydrogens is 296 g/mol. The van der Waals surface area contributed by atoms with E-state index in [2.05, 4.69) is 21.5 Å². The lowest BCUT2D eigenvalue weighted by molar-refractivity contribution is 0.151. The Balaban J connectivity index is 1.70. The summed E-state index contributed by atoms with van der Waals surface area (Å²) in [4.78, 5) is 18.3. The average molecular weight is 316 g/mol. The summed E-state index contributed by atoms with van der Waals surface area (Å²) in [6.07, 6.45) is 1.81. The molecule has 7 nitrogen and oxygen atoms in total. The van der Waals surface area contributed by atoms with Crippen LogP contribution in [0.25, 0.3) is 0 Å². The van der Waals surface area contributed by atoms with Crippen molar-refractivity contribution in [2.75, 3.05) is 13.2 Å². The zero-order valence-electron chi connectivity index (χ0n) is 13.0. The van der Waals surface area contributed by atoms with Crippen molar-refractivity contribution in [3.63, 3.8) is 0 Å². The van der Waals surface area contributed by atoms with Gasteiger partial charge in [-0.1, -0.05) is 29.4 Å². The van der Waals surface area contributed by atoms with Crippen LogP contribution in [0.1, 0.15) is 35.3 Å². The number of aromatic nitrogens is 2. The fraction of sp³-hybridized carbons (Fsp3) is 0.438. The zero-order chi connectivity index (χ0) is 16.2. The number of urea groups is 1. The lowest BCUT2D eigenvalue weighted by Gasteiger charge is -2.29. The Bertz CT molecular complexity index is 685. The van der Waals surface area contributed by atoms with E-state index in [4.69, 9.17) is 4.52 Å². The number of hydrogen-bond acceptors (Lipinski definition) is 5. The normalized spacial score (nSPS) is 16.2. The largest absolute Gasteiger partial charge is 0.395 e. The minimum Gasteiger partial charge on any atom is -0.395 e. The molecule has 0 saturated carbocycles. The summed E-state index contributed by atoms with van der Waals surface area (Å²) in [5.41, 5.74) is 2.42. The highest BCUT2D eigenvalue weighted by Gasteiger charge is 2.30.